The molecule has 0 aromatic heterocycles. The SMILES string of the molecule is CC1CCCC(NC(C)C(=O)N2CCCCCC2)C1. The van der Waals surface area contributed by atoms with Crippen LogP contribution in [0.1, 0.15) is 65.2 Å². The number of carbonyl (C=O) groups is 1. The summed E-state index contributed by atoms with van der Waals surface area (Å²) in [6.45, 7) is 6.31. The largest absolute Gasteiger partial charge is 0.341 e. The fraction of sp³-hybridized carbons (Fsp3) is 0.938. The molecule has 0 aromatic rings. The van der Waals surface area contributed by atoms with Crippen LogP contribution in [0.4, 0.5) is 0 Å². The minimum atomic E-state index is -0.00611. The molecule has 0 aromatic carbocycles. The van der Waals surface area contributed by atoms with Gasteiger partial charge in [-0.05, 0) is 38.5 Å². The minimum absolute atomic E-state index is 0.00611. The molecule has 1 amide bonds. The summed E-state index contributed by atoms with van der Waals surface area (Å²) in [4.78, 5) is 14.5. The molecule has 0 bridgehead atoms. The van der Waals surface area contributed by atoms with Gasteiger partial charge < -0.3 is 10.2 Å². The van der Waals surface area contributed by atoms with Gasteiger partial charge in [0.15, 0.2) is 0 Å². The number of amides is 1. The summed E-state index contributed by atoms with van der Waals surface area (Å²) >= 11 is 0. The molecule has 3 unspecified atom stereocenters. The molecule has 110 valence electrons. The smallest absolute Gasteiger partial charge is 0.239 e. The van der Waals surface area contributed by atoms with Crippen molar-refractivity contribution >= 4 is 5.91 Å². The van der Waals surface area contributed by atoms with Gasteiger partial charge in [0.25, 0.3) is 0 Å². The number of rotatable bonds is 3. The van der Waals surface area contributed by atoms with Gasteiger partial charge in [0.05, 0.1) is 6.04 Å². The lowest BCUT2D eigenvalue weighted by Gasteiger charge is -2.32. The Bertz CT molecular complexity index is 284. The van der Waals surface area contributed by atoms with Crippen LogP contribution in [-0.2, 0) is 4.79 Å². The second kappa shape index (κ2) is 7.28. The van der Waals surface area contributed by atoms with Gasteiger partial charge in [-0.2, -0.15) is 0 Å². The summed E-state index contributed by atoms with van der Waals surface area (Å²) in [5, 5.41) is 3.58. The summed E-state index contributed by atoms with van der Waals surface area (Å²) < 4.78 is 0. The van der Waals surface area contributed by atoms with Crippen molar-refractivity contribution in [2.75, 3.05) is 13.1 Å². The van der Waals surface area contributed by atoms with Gasteiger partial charge in [0, 0.05) is 19.1 Å². The molecule has 0 radical (unpaired) electrons. The molecular weight excluding hydrogens is 236 g/mol. The molecule has 1 aliphatic carbocycles. The van der Waals surface area contributed by atoms with Gasteiger partial charge in [-0.3, -0.25) is 4.79 Å². The summed E-state index contributed by atoms with van der Waals surface area (Å²) in [6, 6.07) is 0.545. The Balaban J connectivity index is 1.80. The van der Waals surface area contributed by atoms with E-state index in [9.17, 15) is 4.79 Å². The van der Waals surface area contributed by atoms with Crippen LogP contribution in [0.3, 0.4) is 0 Å². The number of nitrogens with zero attached hydrogens (tertiary/aromatic N) is 1. The standard InChI is InChI=1S/C16H30N2O/c1-13-8-7-9-15(12-13)17-14(2)16(19)18-10-5-3-4-6-11-18/h13-15,17H,3-12H2,1-2H3. The summed E-state index contributed by atoms with van der Waals surface area (Å²) in [5.74, 6) is 1.13. The molecule has 2 rings (SSSR count). The first-order valence-electron chi connectivity index (χ1n) is 8.21. The molecule has 1 saturated carbocycles. The van der Waals surface area contributed by atoms with E-state index >= 15 is 0 Å². The second-order valence-corrected chi connectivity index (χ2v) is 6.60. The molecule has 3 atom stereocenters. The molecule has 2 fully saturated rings. The molecule has 1 heterocycles. The summed E-state index contributed by atoms with van der Waals surface area (Å²) in [5.41, 5.74) is 0. The lowest BCUT2D eigenvalue weighted by Crippen LogP contribution is -2.49. The maximum absolute atomic E-state index is 12.5. The van der Waals surface area contributed by atoms with Crippen LogP contribution in [-0.4, -0.2) is 36.0 Å². The van der Waals surface area contributed by atoms with Gasteiger partial charge in [-0.1, -0.05) is 32.6 Å². The highest BCUT2D eigenvalue weighted by Crippen LogP contribution is 2.24. The fourth-order valence-corrected chi connectivity index (χ4v) is 3.58. The van der Waals surface area contributed by atoms with Crippen molar-refractivity contribution in [3.05, 3.63) is 0 Å². The summed E-state index contributed by atoms with van der Waals surface area (Å²) in [6.07, 6.45) is 10.1. The first kappa shape index (κ1) is 14.8. The first-order chi connectivity index (χ1) is 9.16. The van der Waals surface area contributed by atoms with Crippen LogP contribution in [0.5, 0.6) is 0 Å². The molecule has 3 nitrogen and oxygen atoms in total. The third-order valence-electron chi connectivity index (χ3n) is 4.71. The van der Waals surface area contributed by atoms with Gasteiger partial charge >= 0.3 is 0 Å². The van der Waals surface area contributed by atoms with E-state index < -0.39 is 0 Å². The highest BCUT2D eigenvalue weighted by molar-refractivity contribution is 5.81. The Kier molecular flexibility index (Phi) is 5.68. The third kappa shape index (κ3) is 4.48. The maximum Gasteiger partial charge on any atom is 0.239 e. The van der Waals surface area contributed by atoms with Gasteiger partial charge in [-0.15, -0.1) is 0 Å². The zero-order chi connectivity index (χ0) is 13.7. The molecule has 1 N–H and O–H groups in total. The second-order valence-electron chi connectivity index (χ2n) is 6.60. The van der Waals surface area contributed by atoms with E-state index in [1.54, 1.807) is 0 Å². The van der Waals surface area contributed by atoms with E-state index in [0.717, 1.165) is 19.0 Å². The van der Waals surface area contributed by atoms with Gasteiger partial charge in [0.2, 0.25) is 5.91 Å². The predicted octanol–water partition coefficient (Wildman–Crippen LogP) is 2.95. The molecule has 1 aliphatic heterocycles. The fourth-order valence-electron chi connectivity index (χ4n) is 3.58. The van der Waals surface area contributed by atoms with E-state index in [1.165, 1.54) is 51.4 Å². The average molecular weight is 266 g/mol. The van der Waals surface area contributed by atoms with Crippen molar-refractivity contribution in [2.45, 2.75) is 77.3 Å². The lowest BCUT2D eigenvalue weighted by molar-refractivity contribution is -0.133. The van der Waals surface area contributed by atoms with Crippen molar-refractivity contribution < 1.29 is 4.79 Å². The highest BCUT2D eigenvalue weighted by Gasteiger charge is 2.25. The third-order valence-corrected chi connectivity index (χ3v) is 4.71. The van der Waals surface area contributed by atoms with E-state index in [2.05, 4.69) is 17.1 Å². The van der Waals surface area contributed by atoms with E-state index in [1.807, 2.05) is 6.92 Å². The number of carbonyl (C=O) groups excluding carboxylic acids is 1. The Labute approximate surface area is 118 Å². The van der Waals surface area contributed by atoms with Crippen molar-refractivity contribution in [3.8, 4) is 0 Å². The number of likely N-dealkylation sites (tertiary alicyclic amines) is 1. The first-order valence-corrected chi connectivity index (χ1v) is 8.21. The van der Waals surface area contributed by atoms with Crippen molar-refractivity contribution in [3.63, 3.8) is 0 Å². The topological polar surface area (TPSA) is 32.3 Å². The van der Waals surface area contributed by atoms with Gasteiger partial charge in [0.1, 0.15) is 0 Å². The maximum atomic E-state index is 12.5. The van der Waals surface area contributed by atoms with E-state index in [4.69, 9.17) is 0 Å². The minimum Gasteiger partial charge on any atom is -0.341 e. The van der Waals surface area contributed by atoms with Gasteiger partial charge in [-0.25, -0.2) is 0 Å². The molecule has 3 heteroatoms. The van der Waals surface area contributed by atoms with E-state index in [-0.39, 0.29) is 6.04 Å². The van der Waals surface area contributed by atoms with E-state index in [0.29, 0.717) is 11.9 Å². The Morgan fingerprint density at radius 1 is 1.11 bits per heavy atom. The Hall–Kier alpha value is -0.570. The van der Waals surface area contributed by atoms with Crippen LogP contribution in [0.25, 0.3) is 0 Å². The Morgan fingerprint density at radius 3 is 2.42 bits per heavy atom. The van der Waals surface area contributed by atoms with Crippen LogP contribution >= 0.6 is 0 Å². The zero-order valence-electron chi connectivity index (χ0n) is 12.7. The Morgan fingerprint density at radius 2 is 1.79 bits per heavy atom. The normalized spacial score (nSPS) is 30.7. The van der Waals surface area contributed by atoms with Crippen LogP contribution in [0.15, 0.2) is 0 Å². The highest BCUT2D eigenvalue weighted by atomic mass is 16.2. The van der Waals surface area contributed by atoms with Crippen LogP contribution in [0.2, 0.25) is 0 Å². The molecule has 1 saturated heterocycles. The molecule has 0 spiro atoms. The quantitative estimate of drug-likeness (QED) is 0.852. The van der Waals surface area contributed by atoms with Crippen LogP contribution < -0.4 is 5.32 Å². The monoisotopic (exact) mass is 266 g/mol. The molecule has 2 aliphatic rings. The van der Waals surface area contributed by atoms with Crippen molar-refractivity contribution in [1.29, 1.82) is 0 Å². The average Bonchev–Trinajstić information content (AvgIpc) is 2.66. The molecule has 19 heavy (non-hydrogen) atoms. The lowest BCUT2D eigenvalue weighted by atomic mass is 9.87. The molecular formula is C16H30N2O. The van der Waals surface area contributed by atoms with Crippen molar-refractivity contribution in [1.82, 2.24) is 10.2 Å². The van der Waals surface area contributed by atoms with Crippen molar-refractivity contribution in [2.24, 2.45) is 5.92 Å². The predicted molar refractivity (Wildman–Crippen MR) is 79.1 cm³/mol. The number of hydrogen-bond acceptors (Lipinski definition) is 2. The summed E-state index contributed by atoms with van der Waals surface area (Å²) in [7, 11) is 0. The zero-order valence-corrected chi connectivity index (χ0v) is 12.7. The van der Waals surface area contributed by atoms with Crippen LogP contribution in [0, 0.1) is 5.92 Å². The number of nitrogens with one attached hydrogen (secondary N) is 1. The number of hydrogen-bond donors (Lipinski definition) is 1.